The summed E-state index contributed by atoms with van der Waals surface area (Å²) in [6.07, 6.45) is 0. The second-order valence-corrected chi connectivity index (χ2v) is 11.8. The Balaban J connectivity index is 1.37. The number of benzene rings is 7. The molecule has 0 unspecified atom stereocenters. The predicted molar refractivity (Wildman–Crippen MR) is 179 cm³/mol. The van der Waals surface area contributed by atoms with Crippen molar-refractivity contribution in [2.24, 2.45) is 0 Å². The first kappa shape index (κ1) is 24.6. The average molecular weight is 538 g/mol. The predicted octanol–water partition coefficient (Wildman–Crippen LogP) is 11.4. The minimum Gasteiger partial charge on any atom is -0.310 e. The van der Waals surface area contributed by atoms with Crippen molar-refractivity contribution in [2.45, 2.75) is 19.3 Å². The molecule has 1 nitrogen and oxygen atoms in total. The van der Waals surface area contributed by atoms with Crippen LogP contribution in [0.4, 0.5) is 17.1 Å². The smallest absolute Gasteiger partial charge is 0.0543 e. The zero-order valence-electron chi connectivity index (χ0n) is 23.9. The van der Waals surface area contributed by atoms with Gasteiger partial charge in [-0.05, 0) is 85.8 Å². The number of fused-ring (bicyclic) bond motifs is 5. The fourth-order valence-corrected chi connectivity index (χ4v) is 6.93. The van der Waals surface area contributed by atoms with E-state index in [2.05, 4.69) is 170 Å². The molecule has 0 radical (unpaired) electrons. The van der Waals surface area contributed by atoms with E-state index < -0.39 is 0 Å². The molecule has 0 atom stereocenters. The van der Waals surface area contributed by atoms with Crippen LogP contribution in [0.3, 0.4) is 0 Å². The molecule has 8 rings (SSSR count). The first-order valence-corrected chi connectivity index (χ1v) is 14.7. The summed E-state index contributed by atoms with van der Waals surface area (Å²) in [5, 5.41) is 5.01. The number of hydrogen-bond donors (Lipinski definition) is 0. The van der Waals surface area contributed by atoms with Gasteiger partial charge in [-0.3, -0.25) is 0 Å². The lowest BCUT2D eigenvalue weighted by Crippen LogP contribution is -2.16. The van der Waals surface area contributed by atoms with Crippen molar-refractivity contribution < 1.29 is 0 Å². The Morgan fingerprint density at radius 1 is 0.452 bits per heavy atom. The third kappa shape index (κ3) is 3.78. The summed E-state index contributed by atoms with van der Waals surface area (Å²) in [4.78, 5) is 2.44. The fraction of sp³-hybridized carbons (Fsp3) is 0.0732. The van der Waals surface area contributed by atoms with Crippen LogP contribution in [0.2, 0.25) is 0 Å². The number of hydrogen-bond acceptors (Lipinski definition) is 1. The van der Waals surface area contributed by atoms with Gasteiger partial charge in [0, 0.05) is 22.4 Å². The molecule has 0 fully saturated rings. The van der Waals surface area contributed by atoms with E-state index in [9.17, 15) is 0 Å². The van der Waals surface area contributed by atoms with Crippen LogP contribution in [-0.2, 0) is 5.41 Å². The number of para-hydroxylation sites is 1. The minimum absolute atomic E-state index is 0.0586. The molecule has 0 saturated heterocycles. The number of anilines is 3. The monoisotopic (exact) mass is 537 g/mol. The highest BCUT2D eigenvalue weighted by Gasteiger charge is 2.37. The van der Waals surface area contributed by atoms with Crippen LogP contribution < -0.4 is 4.90 Å². The van der Waals surface area contributed by atoms with Crippen molar-refractivity contribution in [1.82, 2.24) is 0 Å². The Morgan fingerprint density at radius 3 is 2.00 bits per heavy atom. The third-order valence-corrected chi connectivity index (χ3v) is 9.03. The van der Waals surface area contributed by atoms with Gasteiger partial charge in [-0.15, -0.1) is 0 Å². The molecule has 200 valence electrons. The molecular formula is C41H31N. The molecule has 7 aromatic carbocycles. The molecule has 0 heterocycles. The van der Waals surface area contributed by atoms with Gasteiger partial charge in [0.1, 0.15) is 0 Å². The van der Waals surface area contributed by atoms with E-state index in [0.29, 0.717) is 0 Å². The van der Waals surface area contributed by atoms with E-state index in [1.807, 2.05) is 0 Å². The summed E-state index contributed by atoms with van der Waals surface area (Å²) < 4.78 is 0. The molecule has 0 aromatic heterocycles. The zero-order chi connectivity index (χ0) is 28.3. The lowest BCUT2D eigenvalue weighted by Gasteiger charge is -2.29. The first-order valence-electron chi connectivity index (χ1n) is 14.7. The Kier molecular flexibility index (Phi) is 5.55. The Bertz CT molecular complexity index is 2120. The van der Waals surface area contributed by atoms with Crippen LogP contribution in [0.25, 0.3) is 43.8 Å². The van der Waals surface area contributed by atoms with Crippen LogP contribution in [0.15, 0.2) is 152 Å². The summed E-state index contributed by atoms with van der Waals surface area (Å²) in [5.41, 5.74) is 11.3. The van der Waals surface area contributed by atoms with Crippen LogP contribution in [0.5, 0.6) is 0 Å². The molecule has 0 N–H and O–H groups in total. The van der Waals surface area contributed by atoms with Gasteiger partial charge in [0.25, 0.3) is 0 Å². The van der Waals surface area contributed by atoms with Crippen LogP contribution in [0, 0.1) is 0 Å². The Labute approximate surface area is 247 Å². The lowest BCUT2D eigenvalue weighted by atomic mass is 9.82. The van der Waals surface area contributed by atoms with Gasteiger partial charge in [-0.25, -0.2) is 0 Å². The molecule has 1 aliphatic carbocycles. The van der Waals surface area contributed by atoms with Crippen LogP contribution in [-0.4, -0.2) is 0 Å². The largest absolute Gasteiger partial charge is 0.310 e. The highest BCUT2D eigenvalue weighted by Crippen LogP contribution is 2.54. The summed E-state index contributed by atoms with van der Waals surface area (Å²) in [6, 6.07) is 55.4. The zero-order valence-corrected chi connectivity index (χ0v) is 23.9. The lowest BCUT2D eigenvalue weighted by molar-refractivity contribution is 0.660. The molecule has 1 heteroatoms. The second kappa shape index (κ2) is 9.46. The highest BCUT2D eigenvalue weighted by molar-refractivity contribution is 6.02. The second-order valence-electron chi connectivity index (χ2n) is 11.8. The van der Waals surface area contributed by atoms with Crippen molar-refractivity contribution in [3.05, 3.63) is 163 Å². The molecule has 42 heavy (non-hydrogen) atoms. The summed E-state index contributed by atoms with van der Waals surface area (Å²) in [5.74, 6) is 0. The quantitative estimate of drug-likeness (QED) is 0.216. The van der Waals surface area contributed by atoms with Crippen LogP contribution in [0.1, 0.15) is 25.0 Å². The van der Waals surface area contributed by atoms with Gasteiger partial charge in [0.2, 0.25) is 0 Å². The summed E-state index contributed by atoms with van der Waals surface area (Å²) in [6.45, 7) is 4.69. The minimum atomic E-state index is -0.0586. The molecular weight excluding hydrogens is 506 g/mol. The van der Waals surface area contributed by atoms with Gasteiger partial charge in [0.05, 0.1) is 5.69 Å². The standard InChI is InChI=1S/C41H31N/c1-41(2)37-19-9-8-17-35(37)40-38(41)20-11-21-39(40)42(32-15-4-3-5-16-32)33-25-24-29-14-10-18-34(36(29)27-33)31-23-22-28-12-6-7-13-30(28)26-31/h3-27H,1-2H3. The van der Waals surface area contributed by atoms with E-state index in [-0.39, 0.29) is 5.41 Å². The average Bonchev–Trinajstić information content (AvgIpc) is 3.28. The summed E-state index contributed by atoms with van der Waals surface area (Å²) >= 11 is 0. The maximum atomic E-state index is 2.44. The third-order valence-electron chi connectivity index (χ3n) is 9.03. The summed E-state index contributed by atoms with van der Waals surface area (Å²) in [7, 11) is 0. The number of nitrogens with zero attached hydrogens (tertiary/aromatic N) is 1. The molecule has 0 spiro atoms. The van der Waals surface area contributed by atoms with Gasteiger partial charge < -0.3 is 4.90 Å². The molecule has 0 aliphatic heterocycles. The van der Waals surface area contributed by atoms with E-state index in [1.54, 1.807) is 0 Å². The molecule has 1 aliphatic rings. The molecule has 0 bridgehead atoms. The maximum Gasteiger partial charge on any atom is 0.0543 e. The van der Waals surface area contributed by atoms with Gasteiger partial charge >= 0.3 is 0 Å². The fourth-order valence-electron chi connectivity index (χ4n) is 6.93. The van der Waals surface area contributed by atoms with E-state index in [0.717, 1.165) is 11.4 Å². The van der Waals surface area contributed by atoms with Gasteiger partial charge in [-0.2, -0.15) is 0 Å². The first-order chi connectivity index (χ1) is 20.6. The number of rotatable bonds is 4. The molecule has 0 amide bonds. The Hall–Kier alpha value is -5.14. The van der Waals surface area contributed by atoms with E-state index in [1.165, 1.54) is 60.6 Å². The van der Waals surface area contributed by atoms with Crippen molar-refractivity contribution >= 4 is 38.6 Å². The van der Waals surface area contributed by atoms with Crippen molar-refractivity contribution in [1.29, 1.82) is 0 Å². The van der Waals surface area contributed by atoms with Crippen molar-refractivity contribution in [3.63, 3.8) is 0 Å². The van der Waals surface area contributed by atoms with Crippen molar-refractivity contribution in [2.75, 3.05) is 4.90 Å². The normalized spacial score (nSPS) is 13.2. The van der Waals surface area contributed by atoms with Crippen molar-refractivity contribution in [3.8, 4) is 22.3 Å². The maximum absolute atomic E-state index is 2.44. The molecule has 0 saturated carbocycles. The Morgan fingerprint density at radius 2 is 1.12 bits per heavy atom. The molecule has 7 aromatic rings. The van der Waals surface area contributed by atoms with E-state index >= 15 is 0 Å². The van der Waals surface area contributed by atoms with Gasteiger partial charge in [0.15, 0.2) is 0 Å². The van der Waals surface area contributed by atoms with E-state index in [4.69, 9.17) is 0 Å². The van der Waals surface area contributed by atoms with Crippen LogP contribution >= 0.6 is 0 Å². The van der Waals surface area contributed by atoms with Gasteiger partial charge in [-0.1, -0.05) is 129 Å². The SMILES string of the molecule is CC1(C)c2ccccc2-c2c(N(c3ccccc3)c3ccc4cccc(-c5ccc6ccccc6c5)c4c3)cccc21. The topological polar surface area (TPSA) is 3.24 Å². The highest BCUT2D eigenvalue weighted by atomic mass is 15.1.